The van der Waals surface area contributed by atoms with E-state index in [0.29, 0.717) is 0 Å². The fourth-order valence-corrected chi connectivity index (χ4v) is 3.71. The fraction of sp³-hybridized carbons (Fsp3) is 0.458. The molecule has 2 aromatic rings. The first kappa shape index (κ1) is 20.6. The zero-order chi connectivity index (χ0) is 20.0. The van der Waals surface area contributed by atoms with Crippen molar-refractivity contribution in [3.63, 3.8) is 0 Å². The molecule has 0 heterocycles. The molecule has 0 spiro atoms. The Hall–Kier alpha value is -2.17. The van der Waals surface area contributed by atoms with Crippen molar-refractivity contribution in [3.05, 3.63) is 71.3 Å². The molecule has 3 rings (SSSR count). The van der Waals surface area contributed by atoms with E-state index in [4.69, 9.17) is 9.47 Å². The molecule has 1 aliphatic rings. The van der Waals surface area contributed by atoms with E-state index < -0.39 is 5.60 Å². The summed E-state index contributed by atoms with van der Waals surface area (Å²) in [5.74, 6) is -0.323. The average molecular weight is 382 g/mol. The number of fused-ring (bicyclic) bond motifs is 1. The maximum absolute atomic E-state index is 12.2. The van der Waals surface area contributed by atoms with Gasteiger partial charge in [0.05, 0.1) is 6.10 Å². The van der Waals surface area contributed by atoms with Crippen LogP contribution in [-0.4, -0.2) is 24.2 Å². The van der Waals surface area contributed by atoms with E-state index in [2.05, 4.69) is 47.8 Å². The Balaban J connectivity index is 1.73. The van der Waals surface area contributed by atoms with Crippen molar-refractivity contribution >= 4 is 5.97 Å². The molecule has 0 radical (unpaired) electrons. The van der Waals surface area contributed by atoms with Gasteiger partial charge in [0.15, 0.2) is 0 Å². The van der Waals surface area contributed by atoms with Crippen molar-refractivity contribution in [2.24, 2.45) is 0 Å². The minimum atomic E-state index is -0.507. The third kappa shape index (κ3) is 5.91. The van der Waals surface area contributed by atoms with Crippen molar-refractivity contribution in [3.8, 4) is 0 Å². The van der Waals surface area contributed by atoms with Crippen LogP contribution in [0.25, 0.3) is 0 Å². The third-order valence-corrected chi connectivity index (χ3v) is 4.90. The second-order valence-corrected chi connectivity index (χ2v) is 8.38. The molecule has 2 unspecified atom stereocenters. The molecule has 0 saturated heterocycles. The van der Waals surface area contributed by atoms with Crippen LogP contribution in [0.15, 0.2) is 54.6 Å². The summed E-state index contributed by atoms with van der Waals surface area (Å²) >= 11 is 0. The van der Waals surface area contributed by atoms with Crippen molar-refractivity contribution in [2.75, 3.05) is 6.61 Å². The van der Waals surface area contributed by atoms with Crippen LogP contribution in [0.2, 0.25) is 0 Å². The fourth-order valence-electron chi connectivity index (χ4n) is 3.71. The summed E-state index contributed by atoms with van der Waals surface area (Å²) in [7, 11) is 0. The van der Waals surface area contributed by atoms with E-state index in [1.807, 2.05) is 32.9 Å². The van der Waals surface area contributed by atoms with Crippen LogP contribution >= 0.6 is 0 Å². The monoisotopic (exact) mass is 381 g/mol. The minimum Gasteiger partial charge on any atom is -0.458 e. The number of nitrogens with one attached hydrogen (secondary N) is 1. The number of carbonyl (C=O) groups excluding carboxylic acids is 1. The molecular weight excluding hydrogens is 350 g/mol. The Labute approximate surface area is 168 Å². The van der Waals surface area contributed by atoms with Gasteiger partial charge >= 0.3 is 5.97 Å². The van der Waals surface area contributed by atoms with E-state index in [1.165, 1.54) is 16.7 Å². The van der Waals surface area contributed by atoms with Gasteiger partial charge in [-0.15, -0.1) is 0 Å². The van der Waals surface area contributed by atoms with E-state index in [1.54, 1.807) is 0 Å². The first-order chi connectivity index (χ1) is 13.4. The zero-order valence-corrected chi connectivity index (χ0v) is 17.1. The number of carbonyl (C=O) groups is 1. The topological polar surface area (TPSA) is 47.6 Å². The van der Waals surface area contributed by atoms with Crippen molar-refractivity contribution < 1.29 is 14.3 Å². The first-order valence-electron chi connectivity index (χ1n) is 10.1. The maximum Gasteiger partial charge on any atom is 0.332 e. The number of esters is 1. The Morgan fingerprint density at radius 3 is 2.54 bits per heavy atom. The predicted octanol–water partition coefficient (Wildman–Crippen LogP) is 4.58. The molecule has 0 aliphatic heterocycles. The highest BCUT2D eigenvalue weighted by Gasteiger charge is 2.29. The number of benzene rings is 2. The summed E-state index contributed by atoms with van der Waals surface area (Å²) in [4.78, 5) is 12.2. The van der Waals surface area contributed by atoms with Gasteiger partial charge < -0.3 is 14.8 Å². The molecule has 4 nitrogen and oxygen atoms in total. The number of hydrogen-bond donors (Lipinski definition) is 1. The Morgan fingerprint density at radius 1 is 1.07 bits per heavy atom. The van der Waals surface area contributed by atoms with Crippen LogP contribution in [0, 0.1) is 0 Å². The molecule has 0 amide bonds. The highest BCUT2D eigenvalue weighted by atomic mass is 16.6. The SMILES string of the molecule is CC(C)(C)OC(=O)COC1c2ccccc2CCCC1NCc1ccccc1. The molecule has 0 fully saturated rings. The van der Waals surface area contributed by atoms with Crippen molar-refractivity contribution in [1.82, 2.24) is 5.32 Å². The van der Waals surface area contributed by atoms with Crippen LogP contribution in [0.1, 0.15) is 56.4 Å². The molecule has 0 saturated carbocycles. The second kappa shape index (κ2) is 9.35. The number of rotatable bonds is 6. The smallest absolute Gasteiger partial charge is 0.332 e. The second-order valence-electron chi connectivity index (χ2n) is 8.38. The lowest BCUT2D eigenvalue weighted by molar-refractivity contribution is -0.163. The molecule has 0 bridgehead atoms. The van der Waals surface area contributed by atoms with E-state index in [9.17, 15) is 4.79 Å². The summed E-state index contributed by atoms with van der Waals surface area (Å²) in [6.07, 6.45) is 2.96. The number of hydrogen-bond acceptors (Lipinski definition) is 4. The van der Waals surface area contributed by atoms with E-state index in [-0.39, 0.29) is 24.7 Å². The summed E-state index contributed by atoms with van der Waals surface area (Å²) in [5.41, 5.74) is 3.22. The van der Waals surface area contributed by atoms with E-state index >= 15 is 0 Å². The van der Waals surface area contributed by atoms with Crippen LogP contribution < -0.4 is 5.32 Å². The summed E-state index contributed by atoms with van der Waals surface area (Å²) in [6, 6.07) is 18.9. The number of aryl methyl sites for hydroxylation is 1. The molecule has 0 aromatic heterocycles. The average Bonchev–Trinajstić information content (AvgIpc) is 2.83. The van der Waals surface area contributed by atoms with Gasteiger partial charge in [-0.2, -0.15) is 0 Å². The van der Waals surface area contributed by atoms with Gasteiger partial charge in [-0.25, -0.2) is 4.79 Å². The maximum atomic E-state index is 12.2. The molecule has 2 aromatic carbocycles. The highest BCUT2D eigenvalue weighted by molar-refractivity contribution is 5.71. The third-order valence-electron chi connectivity index (χ3n) is 4.90. The first-order valence-corrected chi connectivity index (χ1v) is 10.1. The molecule has 150 valence electrons. The highest BCUT2D eigenvalue weighted by Crippen LogP contribution is 2.32. The van der Waals surface area contributed by atoms with Crippen LogP contribution in [0.3, 0.4) is 0 Å². The van der Waals surface area contributed by atoms with Crippen LogP contribution in [0.5, 0.6) is 0 Å². The minimum absolute atomic E-state index is 0.0419. The van der Waals surface area contributed by atoms with Crippen molar-refractivity contribution in [1.29, 1.82) is 0 Å². The van der Waals surface area contributed by atoms with Gasteiger partial charge in [-0.3, -0.25) is 0 Å². The zero-order valence-electron chi connectivity index (χ0n) is 17.1. The van der Waals surface area contributed by atoms with E-state index in [0.717, 1.165) is 25.8 Å². The predicted molar refractivity (Wildman–Crippen MR) is 111 cm³/mol. The Morgan fingerprint density at radius 2 is 1.79 bits per heavy atom. The molecule has 28 heavy (non-hydrogen) atoms. The van der Waals surface area contributed by atoms with Crippen LogP contribution in [0.4, 0.5) is 0 Å². The Kier molecular flexibility index (Phi) is 6.87. The molecule has 2 atom stereocenters. The molecular formula is C24H31NO3. The Bertz CT molecular complexity index is 767. The molecule has 4 heteroatoms. The number of ether oxygens (including phenoxy) is 2. The van der Waals surface area contributed by atoms with Gasteiger partial charge in [0.25, 0.3) is 0 Å². The summed E-state index contributed by atoms with van der Waals surface area (Å²) in [6.45, 7) is 6.35. The molecule has 1 N–H and O–H groups in total. The van der Waals surface area contributed by atoms with Gasteiger partial charge in [0.2, 0.25) is 0 Å². The largest absolute Gasteiger partial charge is 0.458 e. The quantitative estimate of drug-likeness (QED) is 0.588. The van der Waals surface area contributed by atoms with Gasteiger partial charge in [-0.1, -0.05) is 54.6 Å². The summed E-state index contributed by atoms with van der Waals surface area (Å²) < 4.78 is 11.6. The lowest BCUT2D eigenvalue weighted by Crippen LogP contribution is -2.37. The van der Waals surface area contributed by atoms with Gasteiger partial charge in [-0.05, 0) is 56.7 Å². The molecule has 1 aliphatic carbocycles. The lowest BCUT2D eigenvalue weighted by atomic mass is 9.98. The lowest BCUT2D eigenvalue weighted by Gasteiger charge is -2.28. The summed E-state index contributed by atoms with van der Waals surface area (Å²) in [5, 5.41) is 3.66. The van der Waals surface area contributed by atoms with Crippen molar-refractivity contribution in [2.45, 2.75) is 64.3 Å². The normalized spacial score (nSPS) is 19.5. The van der Waals surface area contributed by atoms with Gasteiger partial charge in [0, 0.05) is 12.6 Å². The van der Waals surface area contributed by atoms with Gasteiger partial charge in [0.1, 0.15) is 12.2 Å². The van der Waals surface area contributed by atoms with Crippen LogP contribution in [-0.2, 0) is 27.2 Å². The standard InChI is InChI=1S/C24H31NO3/c1-24(2,3)28-22(26)17-27-23-20-14-8-7-12-19(20)13-9-15-21(23)25-16-18-10-5-4-6-11-18/h4-8,10-12,14,21,23,25H,9,13,15-17H2,1-3H3.